The molecule has 1 saturated heterocycles. The van der Waals surface area contributed by atoms with E-state index in [0.29, 0.717) is 12.0 Å². The molecule has 1 heterocycles. The van der Waals surface area contributed by atoms with Gasteiger partial charge in [-0.05, 0) is 45.7 Å². The molecule has 0 aromatic carbocycles. The van der Waals surface area contributed by atoms with Crippen LogP contribution in [-0.2, 0) is 0 Å². The third-order valence-corrected chi connectivity index (χ3v) is 3.17. The first-order valence-corrected chi connectivity index (χ1v) is 5.19. The van der Waals surface area contributed by atoms with Crippen molar-refractivity contribution in [2.24, 2.45) is 5.92 Å². The SMILES string of the molecule is C=CC(C)N1CCC(C(C)O)CC1. The Balaban J connectivity index is 2.34. The molecular weight excluding hydrogens is 162 g/mol. The molecule has 1 N–H and O–H groups in total. The summed E-state index contributed by atoms with van der Waals surface area (Å²) < 4.78 is 0. The molecule has 0 aliphatic carbocycles. The average Bonchev–Trinajstić information content (AvgIpc) is 2.17. The minimum atomic E-state index is -0.138. The Kier molecular flexibility index (Phi) is 3.94. The van der Waals surface area contributed by atoms with Crippen LogP contribution in [0.25, 0.3) is 0 Å². The third kappa shape index (κ3) is 2.82. The second kappa shape index (κ2) is 4.77. The number of piperidine rings is 1. The van der Waals surface area contributed by atoms with Crippen LogP contribution in [0.15, 0.2) is 12.7 Å². The van der Waals surface area contributed by atoms with Crippen molar-refractivity contribution in [3.63, 3.8) is 0 Å². The lowest BCUT2D eigenvalue weighted by Crippen LogP contribution is -2.41. The van der Waals surface area contributed by atoms with E-state index < -0.39 is 0 Å². The Morgan fingerprint density at radius 2 is 1.92 bits per heavy atom. The highest BCUT2D eigenvalue weighted by molar-refractivity contribution is 4.87. The van der Waals surface area contributed by atoms with Crippen LogP contribution in [0.2, 0.25) is 0 Å². The molecule has 2 unspecified atom stereocenters. The lowest BCUT2D eigenvalue weighted by molar-refractivity contribution is 0.0655. The van der Waals surface area contributed by atoms with Gasteiger partial charge in [0, 0.05) is 6.04 Å². The average molecular weight is 183 g/mol. The molecule has 0 spiro atoms. The molecule has 0 saturated carbocycles. The first-order valence-electron chi connectivity index (χ1n) is 5.19. The fourth-order valence-electron chi connectivity index (χ4n) is 1.96. The van der Waals surface area contributed by atoms with Crippen LogP contribution in [0.4, 0.5) is 0 Å². The summed E-state index contributed by atoms with van der Waals surface area (Å²) in [6.07, 6.45) is 4.09. The van der Waals surface area contributed by atoms with Gasteiger partial charge in [-0.15, -0.1) is 6.58 Å². The minimum Gasteiger partial charge on any atom is -0.393 e. The molecule has 2 atom stereocenters. The predicted molar refractivity (Wildman–Crippen MR) is 55.6 cm³/mol. The Labute approximate surface area is 81.2 Å². The van der Waals surface area contributed by atoms with E-state index in [1.54, 1.807) is 0 Å². The van der Waals surface area contributed by atoms with E-state index in [1.807, 2.05) is 13.0 Å². The molecule has 0 radical (unpaired) electrons. The van der Waals surface area contributed by atoms with E-state index in [-0.39, 0.29) is 6.10 Å². The number of likely N-dealkylation sites (tertiary alicyclic amines) is 1. The van der Waals surface area contributed by atoms with E-state index in [1.165, 1.54) is 0 Å². The van der Waals surface area contributed by atoms with Gasteiger partial charge in [-0.2, -0.15) is 0 Å². The second-order valence-electron chi connectivity index (χ2n) is 4.09. The summed E-state index contributed by atoms with van der Waals surface area (Å²) in [5, 5.41) is 9.42. The summed E-state index contributed by atoms with van der Waals surface area (Å²) >= 11 is 0. The van der Waals surface area contributed by atoms with Gasteiger partial charge < -0.3 is 5.11 Å². The molecule has 76 valence electrons. The smallest absolute Gasteiger partial charge is 0.0541 e. The van der Waals surface area contributed by atoms with Gasteiger partial charge in [-0.1, -0.05) is 6.08 Å². The molecule has 1 aliphatic heterocycles. The van der Waals surface area contributed by atoms with Crippen molar-refractivity contribution in [3.8, 4) is 0 Å². The van der Waals surface area contributed by atoms with Crippen LogP contribution in [0, 0.1) is 5.92 Å². The first-order chi connectivity index (χ1) is 6.15. The first kappa shape index (κ1) is 10.7. The molecule has 0 aromatic heterocycles. The van der Waals surface area contributed by atoms with Crippen LogP contribution >= 0.6 is 0 Å². The number of rotatable bonds is 3. The van der Waals surface area contributed by atoms with Crippen molar-refractivity contribution >= 4 is 0 Å². The van der Waals surface area contributed by atoms with E-state index in [0.717, 1.165) is 25.9 Å². The Hall–Kier alpha value is -0.340. The van der Waals surface area contributed by atoms with Crippen molar-refractivity contribution in [2.75, 3.05) is 13.1 Å². The second-order valence-corrected chi connectivity index (χ2v) is 4.09. The number of hydrogen-bond acceptors (Lipinski definition) is 2. The fraction of sp³-hybridized carbons (Fsp3) is 0.818. The summed E-state index contributed by atoms with van der Waals surface area (Å²) in [5.74, 6) is 0.508. The van der Waals surface area contributed by atoms with E-state index in [9.17, 15) is 5.11 Å². The van der Waals surface area contributed by atoms with Gasteiger partial charge >= 0.3 is 0 Å². The predicted octanol–water partition coefficient (Wildman–Crippen LogP) is 1.65. The normalized spacial score (nSPS) is 25.5. The largest absolute Gasteiger partial charge is 0.393 e. The zero-order valence-electron chi connectivity index (χ0n) is 8.74. The van der Waals surface area contributed by atoms with Crippen molar-refractivity contribution in [2.45, 2.75) is 38.8 Å². The highest BCUT2D eigenvalue weighted by Gasteiger charge is 2.23. The molecule has 13 heavy (non-hydrogen) atoms. The molecule has 1 fully saturated rings. The Bertz CT molecular complexity index is 159. The molecule has 2 nitrogen and oxygen atoms in total. The quantitative estimate of drug-likeness (QED) is 0.673. The highest BCUT2D eigenvalue weighted by Crippen LogP contribution is 2.21. The molecule has 1 rings (SSSR count). The zero-order valence-corrected chi connectivity index (χ0v) is 8.74. The van der Waals surface area contributed by atoms with Gasteiger partial charge in [-0.25, -0.2) is 0 Å². The Morgan fingerprint density at radius 1 is 1.38 bits per heavy atom. The number of aliphatic hydroxyl groups excluding tert-OH is 1. The molecule has 2 heteroatoms. The number of hydrogen-bond donors (Lipinski definition) is 1. The van der Waals surface area contributed by atoms with Crippen LogP contribution in [-0.4, -0.2) is 35.2 Å². The van der Waals surface area contributed by atoms with Gasteiger partial charge in [0.15, 0.2) is 0 Å². The van der Waals surface area contributed by atoms with Crippen LogP contribution < -0.4 is 0 Å². The summed E-state index contributed by atoms with van der Waals surface area (Å²) in [4.78, 5) is 2.42. The molecule has 1 aliphatic rings. The van der Waals surface area contributed by atoms with E-state index >= 15 is 0 Å². The zero-order chi connectivity index (χ0) is 9.84. The summed E-state index contributed by atoms with van der Waals surface area (Å²) in [6.45, 7) is 10.1. The molecular formula is C11H21NO. The van der Waals surface area contributed by atoms with Gasteiger partial charge in [-0.3, -0.25) is 4.90 Å². The standard InChI is InChI=1S/C11H21NO/c1-4-9(2)12-7-5-11(6-8-12)10(3)13/h4,9-11,13H,1,5-8H2,2-3H3. The lowest BCUT2D eigenvalue weighted by atomic mass is 9.91. The highest BCUT2D eigenvalue weighted by atomic mass is 16.3. The molecule has 0 aromatic rings. The van der Waals surface area contributed by atoms with Gasteiger partial charge in [0.05, 0.1) is 6.10 Å². The van der Waals surface area contributed by atoms with Crippen LogP contribution in [0.1, 0.15) is 26.7 Å². The van der Waals surface area contributed by atoms with Crippen molar-refractivity contribution in [3.05, 3.63) is 12.7 Å². The summed E-state index contributed by atoms with van der Waals surface area (Å²) in [5.41, 5.74) is 0. The van der Waals surface area contributed by atoms with Crippen LogP contribution in [0.3, 0.4) is 0 Å². The monoisotopic (exact) mass is 183 g/mol. The van der Waals surface area contributed by atoms with Gasteiger partial charge in [0.2, 0.25) is 0 Å². The van der Waals surface area contributed by atoms with Gasteiger partial charge in [0.25, 0.3) is 0 Å². The Morgan fingerprint density at radius 3 is 2.31 bits per heavy atom. The topological polar surface area (TPSA) is 23.5 Å². The van der Waals surface area contributed by atoms with Crippen molar-refractivity contribution in [1.82, 2.24) is 4.90 Å². The van der Waals surface area contributed by atoms with Gasteiger partial charge in [0.1, 0.15) is 0 Å². The van der Waals surface area contributed by atoms with E-state index in [4.69, 9.17) is 0 Å². The summed E-state index contributed by atoms with van der Waals surface area (Å²) in [6, 6.07) is 0.481. The third-order valence-electron chi connectivity index (χ3n) is 3.17. The lowest BCUT2D eigenvalue weighted by Gasteiger charge is -2.35. The number of nitrogens with zero attached hydrogens (tertiary/aromatic N) is 1. The molecule has 0 bridgehead atoms. The maximum Gasteiger partial charge on any atom is 0.0541 e. The van der Waals surface area contributed by atoms with E-state index in [2.05, 4.69) is 18.4 Å². The van der Waals surface area contributed by atoms with Crippen molar-refractivity contribution < 1.29 is 5.11 Å². The summed E-state index contributed by atoms with van der Waals surface area (Å²) in [7, 11) is 0. The van der Waals surface area contributed by atoms with Crippen molar-refractivity contribution in [1.29, 1.82) is 0 Å². The molecule has 0 amide bonds. The minimum absolute atomic E-state index is 0.138. The fourth-order valence-corrected chi connectivity index (χ4v) is 1.96. The van der Waals surface area contributed by atoms with Crippen LogP contribution in [0.5, 0.6) is 0 Å². The maximum absolute atomic E-state index is 9.42. The maximum atomic E-state index is 9.42. The number of aliphatic hydroxyl groups is 1.